The zero-order chi connectivity index (χ0) is 38.0. The van der Waals surface area contributed by atoms with Crippen molar-refractivity contribution in [3.05, 3.63) is 83.4 Å². The second kappa shape index (κ2) is 15.3. The van der Waals surface area contributed by atoms with Gasteiger partial charge in [0, 0.05) is 13.1 Å². The largest absolute Gasteiger partial charge is 0.347 e. The molecule has 0 spiro atoms. The number of Topliss-reactive ketones (excluding diaryl/α,β-unsaturated/α-hetero) is 1. The van der Waals surface area contributed by atoms with Crippen molar-refractivity contribution in [2.24, 2.45) is 23.2 Å². The fourth-order valence-electron chi connectivity index (χ4n) is 8.34. The zero-order valence-corrected chi connectivity index (χ0v) is 30.5. The molecule has 0 unspecified atom stereocenters. The number of rotatable bonds is 12. The van der Waals surface area contributed by atoms with E-state index >= 15 is 0 Å². The minimum Gasteiger partial charge on any atom is -0.347 e. The Balaban J connectivity index is 1.21. The fraction of sp³-hybridized carbons (Fsp3) is 0.475. The molecule has 1 saturated heterocycles. The van der Waals surface area contributed by atoms with Gasteiger partial charge in [-0.1, -0.05) is 69.7 Å². The molecular formula is C40H48N6O7. The molecule has 2 fully saturated rings. The van der Waals surface area contributed by atoms with Crippen molar-refractivity contribution in [3.8, 4) is 0 Å². The molecule has 4 N–H and O–H groups in total. The summed E-state index contributed by atoms with van der Waals surface area (Å²) >= 11 is 0. The summed E-state index contributed by atoms with van der Waals surface area (Å²) in [5, 5.41) is 11.0. The summed E-state index contributed by atoms with van der Waals surface area (Å²) in [6.07, 6.45) is 5.01. The summed E-state index contributed by atoms with van der Waals surface area (Å²) in [4.78, 5) is 96.3. The molecule has 0 radical (unpaired) electrons. The highest BCUT2D eigenvalue weighted by Crippen LogP contribution is 2.43. The van der Waals surface area contributed by atoms with Crippen molar-refractivity contribution in [1.29, 1.82) is 0 Å². The molecule has 2 aliphatic carbocycles. The number of hydrogen-bond acceptors (Lipinski definition) is 7. The Kier molecular flexibility index (Phi) is 10.8. The molecule has 7 amide bonds. The lowest BCUT2D eigenvalue weighted by atomic mass is 9.86. The van der Waals surface area contributed by atoms with Gasteiger partial charge in [-0.3, -0.25) is 33.7 Å². The normalized spacial score (nSPS) is 21.7. The number of carbonyl (C=O) groups is 7. The van der Waals surface area contributed by atoms with E-state index < -0.39 is 71.4 Å². The van der Waals surface area contributed by atoms with Crippen molar-refractivity contribution >= 4 is 41.4 Å². The lowest BCUT2D eigenvalue weighted by molar-refractivity contribution is -0.142. The first kappa shape index (κ1) is 37.4. The molecule has 0 bridgehead atoms. The Bertz CT molecular complexity index is 1780. The lowest BCUT2D eigenvalue weighted by Gasteiger charge is -2.36. The first-order valence-electron chi connectivity index (χ1n) is 18.4. The Morgan fingerprint density at radius 1 is 0.887 bits per heavy atom. The number of hydrogen-bond donors (Lipinski definition) is 4. The van der Waals surface area contributed by atoms with Crippen LogP contribution in [0, 0.1) is 23.2 Å². The van der Waals surface area contributed by atoms with E-state index in [1.165, 1.54) is 6.08 Å². The number of urea groups is 1. The highest BCUT2D eigenvalue weighted by Gasteiger charge is 2.52. The van der Waals surface area contributed by atoms with Crippen LogP contribution in [-0.2, 0) is 32.0 Å². The van der Waals surface area contributed by atoms with Crippen molar-refractivity contribution in [2.75, 3.05) is 26.2 Å². The van der Waals surface area contributed by atoms with E-state index in [4.69, 9.17) is 0 Å². The van der Waals surface area contributed by atoms with Gasteiger partial charge in [-0.15, -0.1) is 6.58 Å². The minimum absolute atomic E-state index is 0.0706. The van der Waals surface area contributed by atoms with Crippen LogP contribution in [0.3, 0.4) is 0 Å². The third-order valence-electron chi connectivity index (χ3n) is 11.2. The summed E-state index contributed by atoms with van der Waals surface area (Å²) in [5.74, 6) is -3.76. The Morgan fingerprint density at radius 3 is 2.11 bits per heavy atom. The first-order chi connectivity index (χ1) is 25.3. The number of imide groups is 1. The number of amides is 7. The summed E-state index contributed by atoms with van der Waals surface area (Å²) in [6, 6.07) is 11.3. The molecule has 2 aromatic rings. The zero-order valence-electron chi connectivity index (χ0n) is 30.5. The van der Waals surface area contributed by atoms with Crippen LogP contribution in [0.1, 0.15) is 71.9 Å². The average molecular weight is 725 g/mol. The van der Waals surface area contributed by atoms with E-state index in [9.17, 15) is 33.6 Å². The molecule has 13 nitrogen and oxygen atoms in total. The molecule has 4 aliphatic rings. The monoisotopic (exact) mass is 724 g/mol. The number of benzene rings is 2. The molecule has 1 saturated carbocycles. The van der Waals surface area contributed by atoms with Crippen LogP contribution >= 0.6 is 0 Å². The molecule has 5 atom stereocenters. The number of ketones is 1. The van der Waals surface area contributed by atoms with Crippen LogP contribution in [-0.4, -0.2) is 95.5 Å². The number of carbonyl (C=O) groups excluding carboxylic acids is 7. The number of nitrogens with one attached hydrogen (secondary N) is 4. The van der Waals surface area contributed by atoms with E-state index in [1.807, 2.05) is 45.0 Å². The number of likely N-dealkylation sites (tertiary alicyclic amines) is 1. The van der Waals surface area contributed by atoms with E-state index in [2.05, 4.69) is 27.8 Å². The van der Waals surface area contributed by atoms with Gasteiger partial charge in [-0.2, -0.15) is 0 Å². The maximum Gasteiger partial charge on any atom is 0.315 e. The highest BCUT2D eigenvalue weighted by molar-refractivity contribution is 6.37. The highest BCUT2D eigenvalue weighted by atomic mass is 16.2. The predicted molar refractivity (Wildman–Crippen MR) is 195 cm³/mol. The second-order valence-electron chi connectivity index (χ2n) is 15.6. The summed E-state index contributed by atoms with van der Waals surface area (Å²) in [6.45, 7) is 9.06. The SMILES string of the molecule is C=CCNC(=O)C(=O)CNC(=O)[C@@H]1[C@H]2CCC[C@H]2CN1C(=O)[C@@H](NC(=O)N[C@H](CN1C(=O)c2ccccc2C1=O)C(C)(C)C)C1Cc2ccccc2C1. The van der Waals surface area contributed by atoms with Crippen LogP contribution < -0.4 is 21.3 Å². The number of nitrogens with zero attached hydrogens (tertiary/aromatic N) is 2. The molecule has 280 valence electrons. The van der Waals surface area contributed by atoms with E-state index in [-0.39, 0.29) is 30.8 Å². The van der Waals surface area contributed by atoms with Crippen LogP contribution in [0.25, 0.3) is 0 Å². The van der Waals surface area contributed by atoms with Crippen LogP contribution in [0.4, 0.5) is 4.79 Å². The molecule has 6 rings (SSSR count). The molecule has 2 aromatic carbocycles. The second-order valence-corrected chi connectivity index (χ2v) is 15.6. The Hall–Kier alpha value is -5.33. The first-order valence-corrected chi connectivity index (χ1v) is 18.4. The van der Waals surface area contributed by atoms with Gasteiger partial charge in [0.1, 0.15) is 12.1 Å². The van der Waals surface area contributed by atoms with Gasteiger partial charge in [0.25, 0.3) is 17.7 Å². The van der Waals surface area contributed by atoms with E-state index in [0.717, 1.165) is 35.3 Å². The quantitative estimate of drug-likeness (QED) is 0.148. The van der Waals surface area contributed by atoms with Crippen LogP contribution in [0.5, 0.6) is 0 Å². The Morgan fingerprint density at radius 2 is 1.51 bits per heavy atom. The average Bonchev–Trinajstić information content (AvgIpc) is 3.90. The molecule has 0 aromatic heterocycles. The van der Waals surface area contributed by atoms with Gasteiger partial charge < -0.3 is 26.2 Å². The van der Waals surface area contributed by atoms with Gasteiger partial charge >= 0.3 is 6.03 Å². The predicted octanol–water partition coefficient (Wildman–Crippen LogP) is 2.39. The summed E-state index contributed by atoms with van der Waals surface area (Å²) < 4.78 is 0. The van der Waals surface area contributed by atoms with Crippen molar-refractivity contribution in [1.82, 2.24) is 31.1 Å². The molecule has 53 heavy (non-hydrogen) atoms. The van der Waals surface area contributed by atoms with E-state index in [0.29, 0.717) is 30.5 Å². The molecule has 13 heteroatoms. The van der Waals surface area contributed by atoms with Gasteiger partial charge in [-0.25, -0.2) is 4.79 Å². The van der Waals surface area contributed by atoms with Gasteiger partial charge in [-0.05, 0) is 72.1 Å². The minimum atomic E-state index is -1.01. The Labute approximate surface area is 309 Å². The summed E-state index contributed by atoms with van der Waals surface area (Å²) in [7, 11) is 0. The lowest BCUT2D eigenvalue weighted by Crippen LogP contribution is -2.61. The van der Waals surface area contributed by atoms with Gasteiger partial charge in [0.2, 0.25) is 17.6 Å². The topological polar surface area (TPSA) is 174 Å². The standard InChI is InChI=1S/C40H48N6O7/c1-5-17-41-34(48)30(47)20-42-35(49)33-27-16-10-13-25(27)21-45(33)38(52)32(26-18-23-11-6-7-12-24(23)19-26)44-39(53)43-31(40(2,3)4)22-46-36(50)28-14-8-9-15-29(28)37(46)51/h5-9,11-12,14-15,25-27,31-33H,1,10,13,16-22H2,2-4H3,(H,41,48)(H,42,49)(H2,43,44,53)/t25-,27-,31+,32-,33-/m0/s1. The molecular weight excluding hydrogens is 676 g/mol. The maximum atomic E-state index is 14.8. The van der Waals surface area contributed by atoms with Crippen molar-refractivity contribution in [2.45, 2.75) is 71.0 Å². The van der Waals surface area contributed by atoms with Crippen molar-refractivity contribution in [3.63, 3.8) is 0 Å². The fourth-order valence-corrected chi connectivity index (χ4v) is 8.34. The third kappa shape index (κ3) is 7.74. The van der Waals surface area contributed by atoms with Crippen LogP contribution in [0.15, 0.2) is 61.2 Å². The van der Waals surface area contributed by atoms with Gasteiger partial charge in [0.15, 0.2) is 0 Å². The van der Waals surface area contributed by atoms with Gasteiger partial charge in [0.05, 0.1) is 30.3 Å². The molecule has 2 aliphatic heterocycles. The summed E-state index contributed by atoms with van der Waals surface area (Å²) in [5.41, 5.74) is 2.20. The number of fused-ring (bicyclic) bond motifs is 3. The smallest absolute Gasteiger partial charge is 0.315 e. The van der Waals surface area contributed by atoms with Crippen molar-refractivity contribution < 1.29 is 33.6 Å². The maximum absolute atomic E-state index is 14.8. The molecule has 2 heterocycles. The van der Waals surface area contributed by atoms with Crippen LogP contribution in [0.2, 0.25) is 0 Å². The third-order valence-corrected chi connectivity index (χ3v) is 11.2. The van der Waals surface area contributed by atoms with E-state index in [1.54, 1.807) is 29.2 Å².